The van der Waals surface area contributed by atoms with Crippen LogP contribution in [0, 0.1) is 10.1 Å². The van der Waals surface area contributed by atoms with Gasteiger partial charge in [0.2, 0.25) is 0 Å². The Morgan fingerprint density at radius 2 is 1.40 bits per heavy atom. The molecule has 0 atom stereocenters. The number of non-ortho nitro benzene ring substituents is 1. The Bertz CT molecular complexity index is 844. The summed E-state index contributed by atoms with van der Waals surface area (Å²) in [7, 11) is 0. The van der Waals surface area contributed by atoms with Crippen LogP contribution in [0.15, 0.2) is 18.2 Å². The van der Waals surface area contributed by atoms with Crippen LogP contribution >= 0.6 is 58.0 Å². The normalized spacial score (nSPS) is 11.5. The van der Waals surface area contributed by atoms with Crippen molar-refractivity contribution in [1.82, 2.24) is 0 Å². The first-order valence-electron chi connectivity index (χ1n) is 6.00. The highest BCUT2D eigenvalue weighted by Crippen LogP contribution is 2.51. The van der Waals surface area contributed by atoms with Crippen molar-refractivity contribution in [2.75, 3.05) is 0 Å². The van der Waals surface area contributed by atoms with Gasteiger partial charge < -0.3 is 4.74 Å². The number of ether oxygens (including phenoxy) is 1. The highest BCUT2D eigenvalue weighted by molar-refractivity contribution is 6.56. The van der Waals surface area contributed by atoms with Crippen LogP contribution < -0.4 is 4.74 Å². The first-order chi connectivity index (χ1) is 11.4. The summed E-state index contributed by atoms with van der Waals surface area (Å²) in [5, 5.41) is 9.49. The van der Waals surface area contributed by atoms with E-state index in [0.29, 0.717) is 0 Å². The summed E-state index contributed by atoms with van der Waals surface area (Å²) in [5.41, 5.74) is -1.24. The van der Waals surface area contributed by atoms with Gasteiger partial charge in [0.15, 0.2) is 0 Å². The molecule has 0 saturated heterocycles. The molecule has 4 nitrogen and oxygen atoms in total. The minimum Gasteiger partial charge on any atom is -0.405 e. The molecule has 2 aromatic rings. The van der Waals surface area contributed by atoms with Gasteiger partial charge in [-0.3, -0.25) is 10.1 Å². The minimum absolute atomic E-state index is 0.217. The molecule has 0 spiro atoms. The van der Waals surface area contributed by atoms with Crippen molar-refractivity contribution in [2.45, 2.75) is 6.36 Å². The third-order valence-electron chi connectivity index (χ3n) is 2.88. The van der Waals surface area contributed by atoms with Gasteiger partial charge in [0.1, 0.15) is 5.75 Å². The van der Waals surface area contributed by atoms with Crippen molar-refractivity contribution in [1.29, 1.82) is 0 Å². The van der Waals surface area contributed by atoms with Crippen molar-refractivity contribution >= 4 is 63.7 Å². The van der Waals surface area contributed by atoms with Gasteiger partial charge in [-0.05, 0) is 6.07 Å². The van der Waals surface area contributed by atoms with Crippen LogP contribution in [0.5, 0.6) is 5.75 Å². The second kappa shape index (κ2) is 7.25. The second-order valence-electron chi connectivity index (χ2n) is 4.43. The standard InChI is InChI=1S/C13H3Cl5F3NO3/c14-8-7(9(15)11(17)12(18)10(8)16)5-3-4(22(23)24)1-2-6(5)25-13(19,20)21/h1-3H. The molecule has 0 bridgehead atoms. The Morgan fingerprint density at radius 3 is 1.84 bits per heavy atom. The molecule has 2 rings (SSSR count). The van der Waals surface area contributed by atoms with E-state index in [1.165, 1.54) is 0 Å². The van der Waals surface area contributed by atoms with Gasteiger partial charge in [0.05, 0.1) is 30.0 Å². The molecule has 0 fully saturated rings. The number of alkyl halides is 3. The number of nitro benzene ring substituents is 1. The Morgan fingerprint density at radius 1 is 0.920 bits per heavy atom. The molecule has 0 saturated carbocycles. The van der Waals surface area contributed by atoms with Crippen molar-refractivity contribution < 1.29 is 22.8 Å². The molecule has 0 aliphatic heterocycles. The average molecular weight is 455 g/mol. The molecule has 0 radical (unpaired) electrons. The van der Waals surface area contributed by atoms with Gasteiger partial charge >= 0.3 is 6.36 Å². The molecule has 0 amide bonds. The van der Waals surface area contributed by atoms with Crippen LogP contribution in [0.2, 0.25) is 25.1 Å². The molecule has 0 N–H and O–H groups in total. The van der Waals surface area contributed by atoms with Crippen LogP contribution in [-0.2, 0) is 0 Å². The van der Waals surface area contributed by atoms with Gasteiger partial charge in [-0.25, -0.2) is 0 Å². The Hall–Kier alpha value is -1.12. The lowest BCUT2D eigenvalue weighted by Gasteiger charge is -2.17. The van der Waals surface area contributed by atoms with E-state index < -0.39 is 28.3 Å². The molecule has 0 heterocycles. The number of hydrogen-bond donors (Lipinski definition) is 0. The average Bonchev–Trinajstić information content (AvgIpc) is 2.51. The van der Waals surface area contributed by atoms with Crippen LogP contribution in [0.1, 0.15) is 0 Å². The zero-order valence-electron chi connectivity index (χ0n) is 11.4. The monoisotopic (exact) mass is 453 g/mol. The molecule has 25 heavy (non-hydrogen) atoms. The molecule has 12 heteroatoms. The highest BCUT2D eigenvalue weighted by Gasteiger charge is 2.34. The first kappa shape index (κ1) is 20.2. The van der Waals surface area contributed by atoms with E-state index in [-0.39, 0.29) is 30.7 Å². The van der Waals surface area contributed by atoms with E-state index in [1.807, 2.05) is 0 Å². The quantitative estimate of drug-likeness (QED) is 0.209. The second-order valence-corrected chi connectivity index (χ2v) is 6.32. The molecule has 134 valence electrons. The lowest BCUT2D eigenvalue weighted by atomic mass is 10.0. The Labute approximate surface area is 163 Å². The number of nitro groups is 1. The number of halogens is 8. The summed E-state index contributed by atoms with van der Waals surface area (Å²) in [4.78, 5) is 10.1. The Balaban J connectivity index is 2.85. The molecule has 2 aromatic carbocycles. The number of nitrogens with zero attached hydrogens (tertiary/aromatic N) is 1. The minimum atomic E-state index is -5.07. The smallest absolute Gasteiger partial charge is 0.405 e. The fourth-order valence-corrected chi connectivity index (χ4v) is 3.22. The van der Waals surface area contributed by atoms with Crippen LogP contribution in [0.3, 0.4) is 0 Å². The van der Waals surface area contributed by atoms with Gasteiger partial charge in [-0.1, -0.05) is 58.0 Å². The zero-order chi connectivity index (χ0) is 19.1. The molecule has 0 aliphatic carbocycles. The van der Waals surface area contributed by atoms with Crippen molar-refractivity contribution in [3.8, 4) is 16.9 Å². The topological polar surface area (TPSA) is 52.4 Å². The predicted octanol–water partition coefficient (Wildman–Crippen LogP) is 7.43. The fraction of sp³-hybridized carbons (Fsp3) is 0.0769. The summed E-state index contributed by atoms with van der Waals surface area (Å²) in [6.45, 7) is 0. The molecule has 0 unspecified atom stereocenters. The molecule has 0 aromatic heterocycles. The van der Waals surface area contributed by atoms with E-state index in [9.17, 15) is 23.3 Å². The van der Waals surface area contributed by atoms with E-state index in [0.717, 1.165) is 18.2 Å². The molecular formula is C13H3Cl5F3NO3. The SMILES string of the molecule is O=[N+]([O-])c1ccc(OC(F)(F)F)c(-c2c(Cl)c(Cl)c(Cl)c(Cl)c2Cl)c1. The third-order valence-corrected chi connectivity index (χ3v) is 5.16. The molecular weight excluding hydrogens is 452 g/mol. The summed E-state index contributed by atoms with van der Waals surface area (Å²) in [6.07, 6.45) is -5.07. The van der Waals surface area contributed by atoms with Crippen molar-refractivity contribution in [3.63, 3.8) is 0 Å². The summed E-state index contributed by atoms with van der Waals surface area (Å²) >= 11 is 29.6. The van der Waals surface area contributed by atoms with Crippen LogP contribution in [0.4, 0.5) is 18.9 Å². The maximum absolute atomic E-state index is 12.6. The highest BCUT2D eigenvalue weighted by atomic mass is 35.5. The molecule has 0 aliphatic rings. The summed E-state index contributed by atoms with van der Waals surface area (Å²) in [5.74, 6) is -0.781. The van der Waals surface area contributed by atoms with E-state index >= 15 is 0 Å². The Kier molecular flexibility index (Phi) is 5.85. The van der Waals surface area contributed by atoms with E-state index in [1.54, 1.807) is 0 Å². The van der Waals surface area contributed by atoms with Crippen LogP contribution in [-0.4, -0.2) is 11.3 Å². The lowest BCUT2D eigenvalue weighted by Crippen LogP contribution is -2.17. The summed E-state index contributed by atoms with van der Waals surface area (Å²) in [6, 6.07) is 2.38. The maximum Gasteiger partial charge on any atom is 0.573 e. The zero-order valence-corrected chi connectivity index (χ0v) is 15.2. The largest absolute Gasteiger partial charge is 0.573 e. The van der Waals surface area contributed by atoms with Gasteiger partial charge in [-0.2, -0.15) is 0 Å². The first-order valence-corrected chi connectivity index (χ1v) is 7.89. The fourth-order valence-electron chi connectivity index (χ4n) is 1.88. The van der Waals surface area contributed by atoms with Gasteiger partial charge in [-0.15, -0.1) is 13.2 Å². The predicted molar refractivity (Wildman–Crippen MR) is 90.3 cm³/mol. The number of hydrogen-bond acceptors (Lipinski definition) is 3. The van der Waals surface area contributed by atoms with Crippen molar-refractivity contribution in [3.05, 3.63) is 53.4 Å². The lowest BCUT2D eigenvalue weighted by molar-refractivity contribution is -0.384. The van der Waals surface area contributed by atoms with Crippen LogP contribution in [0.25, 0.3) is 11.1 Å². The third kappa shape index (κ3) is 4.17. The van der Waals surface area contributed by atoms with E-state index in [2.05, 4.69) is 4.74 Å². The number of rotatable bonds is 3. The summed E-state index contributed by atoms with van der Waals surface area (Å²) < 4.78 is 41.8. The van der Waals surface area contributed by atoms with Crippen molar-refractivity contribution in [2.24, 2.45) is 0 Å². The van der Waals surface area contributed by atoms with E-state index in [4.69, 9.17) is 58.0 Å². The van der Waals surface area contributed by atoms with Gasteiger partial charge in [0, 0.05) is 23.3 Å². The number of benzene rings is 2. The van der Waals surface area contributed by atoms with Gasteiger partial charge in [0.25, 0.3) is 5.69 Å². The maximum atomic E-state index is 12.6.